The highest BCUT2D eigenvalue weighted by atomic mass is 35.5. The number of halogens is 2. The third kappa shape index (κ3) is 4.27. The number of ether oxygens (including phenoxy) is 1. The molecule has 0 radical (unpaired) electrons. The molecule has 1 heterocycles. The number of benzene rings is 1. The van der Waals surface area contributed by atoms with E-state index < -0.39 is 0 Å². The number of thioether (sulfide) groups is 1. The summed E-state index contributed by atoms with van der Waals surface area (Å²) in [6.07, 6.45) is -0.285. The first-order chi connectivity index (χ1) is 9.60. The van der Waals surface area contributed by atoms with Gasteiger partial charge in [-0.1, -0.05) is 23.2 Å². The smallest absolute Gasteiger partial charge is 0.233 e. The summed E-state index contributed by atoms with van der Waals surface area (Å²) < 4.78 is 5.32. The van der Waals surface area contributed by atoms with Crippen LogP contribution in [0.3, 0.4) is 0 Å². The van der Waals surface area contributed by atoms with E-state index in [1.165, 1.54) is 11.8 Å². The highest BCUT2D eigenvalue weighted by Crippen LogP contribution is 2.30. The van der Waals surface area contributed by atoms with E-state index in [-0.39, 0.29) is 24.4 Å². The summed E-state index contributed by atoms with van der Waals surface area (Å²) in [6.45, 7) is 1.37. The molecule has 1 aliphatic heterocycles. The number of carbonyl (C=O) groups is 1. The van der Waals surface area contributed by atoms with Gasteiger partial charge in [0.2, 0.25) is 5.91 Å². The van der Waals surface area contributed by atoms with Crippen LogP contribution in [0.2, 0.25) is 10.0 Å². The molecule has 1 saturated heterocycles. The molecule has 1 atom stereocenters. The van der Waals surface area contributed by atoms with Gasteiger partial charge in [0.05, 0.1) is 30.1 Å². The Kier molecular flexibility index (Phi) is 5.99. The number of amides is 1. The molecule has 1 amide bonds. The summed E-state index contributed by atoms with van der Waals surface area (Å²) in [5.74, 6) is 0.297. The first-order valence-corrected chi connectivity index (χ1v) is 7.92. The third-order valence-corrected chi connectivity index (χ3v) is 4.66. The quantitative estimate of drug-likeness (QED) is 0.858. The molecule has 0 saturated carbocycles. The van der Waals surface area contributed by atoms with Gasteiger partial charge in [-0.2, -0.15) is 0 Å². The number of aliphatic hydroxyl groups excluding tert-OH is 1. The predicted octanol–water partition coefficient (Wildman–Crippen LogP) is 2.31. The van der Waals surface area contributed by atoms with Gasteiger partial charge in [0, 0.05) is 23.0 Å². The number of nitrogens with zero attached hydrogens (tertiary/aromatic N) is 1. The number of hydrogen-bond acceptors (Lipinski definition) is 4. The lowest BCUT2D eigenvalue weighted by atomic mass is 10.3. The molecule has 1 aromatic carbocycles. The minimum Gasteiger partial charge on any atom is -0.394 e. The van der Waals surface area contributed by atoms with Gasteiger partial charge in [-0.05, 0) is 18.2 Å². The second-order valence-corrected chi connectivity index (χ2v) is 6.24. The standard InChI is InChI=1S/C13H15Cl2NO3S/c14-9-1-2-11(15)12(5-9)20-8-13(18)16-3-4-19-10(6-16)7-17/h1-2,5,10,17H,3-4,6-8H2. The molecule has 1 aromatic rings. The van der Waals surface area contributed by atoms with Crippen LogP contribution in [0.4, 0.5) is 0 Å². The fraction of sp³-hybridized carbons (Fsp3) is 0.462. The fourth-order valence-corrected chi connectivity index (χ4v) is 3.27. The van der Waals surface area contributed by atoms with Crippen LogP contribution in [0, 0.1) is 0 Å². The largest absolute Gasteiger partial charge is 0.394 e. The Morgan fingerprint density at radius 2 is 2.30 bits per heavy atom. The van der Waals surface area contributed by atoms with Crippen molar-refractivity contribution in [3.8, 4) is 0 Å². The van der Waals surface area contributed by atoms with Crippen molar-refractivity contribution in [3.63, 3.8) is 0 Å². The monoisotopic (exact) mass is 335 g/mol. The summed E-state index contributed by atoms with van der Waals surface area (Å²) in [6, 6.07) is 5.18. The molecule has 1 unspecified atom stereocenters. The lowest BCUT2D eigenvalue weighted by molar-refractivity contribution is -0.137. The summed E-state index contributed by atoms with van der Waals surface area (Å²) in [7, 11) is 0. The molecule has 0 spiro atoms. The van der Waals surface area contributed by atoms with Crippen LogP contribution in [-0.4, -0.2) is 54.1 Å². The second kappa shape index (κ2) is 7.52. The van der Waals surface area contributed by atoms with Crippen molar-refractivity contribution < 1.29 is 14.6 Å². The van der Waals surface area contributed by atoms with Crippen molar-refractivity contribution in [1.29, 1.82) is 0 Å². The van der Waals surface area contributed by atoms with Crippen LogP contribution in [0.25, 0.3) is 0 Å². The number of aliphatic hydroxyl groups is 1. The molecule has 0 bridgehead atoms. The maximum absolute atomic E-state index is 12.1. The van der Waals surface area contributed by atoms with Gasteiger partial charge in [0.15, 0.2) is 0 Å². The molecule has 2 rings (SSSR count). The number of carbonyl (C=O) groups excluding carboxylic acids is 1. The molecule has 0 aliphatic carbocycles. The van der Waals surface area contributed by atoms with Gasteiger partial charge in [-0.15, -0.1) is 11.8 Å². The summed E-state index contributed by atoms with van der Waals surface area (Å²) in [5, 5.41) is 10.2. The van der Waals surface area contributed by atoms with Crippen LogP contribution in [0.1, 0.15) is 0 Å². The van der Waals surface area contributed by atoms with E-state index in [0.717, 1.165) is 4.90 Å². The van der Waals surface area contributed by atoms with Crippen molar-refractivity contribution in [1.82, 2.24) is 4.90 Å². The zero-order chi connectivity index (χ0) is 14.5. The van der Waals surface area contributed by atoms with E-state index in [2.05, 4.69) is 0 Å². The third-order valence-electron chi connectivity index (χ3n) is 2.94. The molecular weight excluding hydrogens is 321 g/mol. The highest BCUT2D eigenvalue weighted by Gasteiger charge is 2.23. The van der Waals surface area contributed by atoms with Gasteiger partial charge in [0.25, 0.3) is 0 Å². The molecule has 7 heteroatoms. The van der Waals surface area contributed by atoms with Gasteiger partial charge >= 0.3 is 0 Å². The Hall–Kier alpha value is -0.460. The maximum Gasteiger partial charge on any atom is 0.233 e. The van der Waals surface area contributed by atoms with Crippen LogP contribution >= 0.6 is 35.0 Å². The minimum atomic E-state index is -0.285. The van der Waals surface area contributed by atoms with E-state index in [9.17, 15) is 4.79 Å². The van der Waals surface area contributed by atoms with Crippen molar-refractivity contribution >= 4 is 40.9 Å². The van der Waals surface area contributed by atoms with Gasteiger partial charge in [-0.3, -0.25) is 4.79 Å². The van der Waals surface area contributed by atoms with Crippen molar-refractivity contribution in [2.75, 3.05) is 32.1 Å². The lowest BCUT2D eigenvalue weighted by Gasteiger charge is -2.32. The Morgan fingerprint density at radius 1 is 1.50 bits per heavy atom. The predicted molar refractivity (Wildman–Crippen MR) is 80.6 cm³/mol. The molecule has 20 heavy (non-hydrogen) atoms. The minimum absolute atomic E-state index is 0.00721. The zero-order valence-electron chi connectivity index (χ0n) is 10.7. The number of hydrogen-bond donors (Lipinski definition) is 1. The summed E-state index contributed by atoms with van der Waals surface area (Å²) >= 11 is 13.3. The number of rotatable bonds is 4. The molecule has 0 aromatic heterocycles. The average Bonchev–Trinajstić information content (AvgIpc) is 2.48. The summed E-state index contributed by atoms with van der Waals surface area (Å²) in [4.78, 5) is 14.6. The molecular formula is C13H15Cl2NO3S. The van der Waals surface area contributed by atoms with Crippen LogP contribution in [0.5, 0.6) is 0 Å². The van der Waals surface area contributed by atoms with Gasteiger partial charge < -0.3 is 14.7 Å². The molecule has 1 fully saturated rings. The van der Waals surface area contributed by atoms with Crippen molar-refractivity contribution in [2.24, 2.45) is 0 Å². The Balaban J connectivity index is 1.90. The van der Waals surface area contributed by atoms with Crippen LogP contribution < -0.4 is 0 Å². The van der Waals surface area contributed by atoms with Crippen LogP contribution in [-0.2, 0) is 9.53 Å². The Labute approximate surface area is 132 Å². The van der Waals surface area contributed by atoms with Crippen LogP contribution in [0.15, 0.2) is 23.1 Å². The lowest BCUT2D eigenvalue weighted by Crippen LogP contribution is -2.47. The molecule has 110 valence electrons. The number of morpholine rings is 1. The first-order valence-electron chi connectivity index (χ1n) is 6.18. The highest BCUT2D eigenvalue weighted by molar-refractivity contribution is 8.00. The Bertz CT molecular complexity index is 487. The zero-order valence-corrected chi connectivity index (χ0v) is 13.0. The van der Waals surface area contributed by atoms with E-state index in [1.54, 1.807) is 23.1 Å². The van der Waals surface area contributed by atoms with E-state index in [1.807, 2.05) is 0 Å². The van der Waals surface area contributed by atoms with E-state index in [0.29, 0.717) is 29.7 Å². The van der Waals surface area contributed by atoms with Crippen molar-refractivity contribution in [2.45, 2.75) is 11.0 Å². The topological polar surface area (TPSA) is 49.8 Å². The van der Waals surface area contributed by atoms with Gasteiger partial charge in [0.1, 0.15) is 0 Å². The second-order valence-electron chi connectivity index (χ2n) is 4.38. The Morgan fingerprint density at radius 3 is 3.05 bits per heavy atom. The fourth-order valence-electron chi connectivity index (χ4n) is 1.87. The first kappa shape index (κ1) is 15.9. The maximum atomic E-state index is 12.1. The average molecular weight is 336 g/mol. The molecule has 1 aliphatic rings. The SMILES string of the molecule is O=C(CSc1cc(Cl)ccc1Cl)N1CCOC(CO)C1. The van der Waals surface area contributed by atoms with Crippen molar-refractivity contribution in [3.05, 3.63) is 28.2 Å². The molecule has 1 N–H and O–H groups in total. The van der Waals surface area contributed by atoms with E-state index in [4.69, 9.17) is 33.0 Å². The molecule has 4 nitrogen and oxygen atoms in total. The van der Waals surface area contributed by atoms with Gasteiger partial charge in [-0.25, -0.2) is 0 Å². The van der Waals surface area contributed by atoms with E-state index >= 15 is 0 Å². The normalized spacial score (nSPS) is 19.1. The summed E-state index contributed by atoms with van der Waals surface area (Å²) in [5.41, 5.74) is 0.